The van der Waals surface area contributed by atoms with Crippen LogP contribution in [-0.4, -0.2) is 21.2 Å². The topological polar surface area (TPSA) is 69.3 Å². The summed E-state index contributed by atoms with van der Waals surface area (Å²) in [7, 11) is 0. The zero-order valence-corrected chi connectivity index (χ0v) is 36.6. The molecule has 0 fully saturated rings. The number of hydrazine groups is 1. The van der Waals surface area contributed by atoms with E-state index in [1.54, 1.807) is 0 Å². The van der Waals surface area contributed by atoms with Crippen LogP contribution in [0, 0.1) is 5.41 Å². The highest BCUT2D eigenvalue weighted by molar-refractivity contribution is 6.17. The van der Waals surface area contributed by atoms with Crippen molar-refractivity contribution in [3.63, 3.8) is 0 Å². The van der Waals surface area contributed by atoms with Gasteiger partial charge in [0.05, 0.1) is 33.8 Å². The van der Waals surface area contributed by atoms with E-state index >= 15 is 0 Å². The molecule has 1 aliphatic rings. The van der Waals surface area contributed by atoms with Crippen LogP contribution in [0.3, 0.4) is 0 Å². The van der Waals surface area contributed by atoms with E-state index in [0.717, 1.165) is 94.6 Å². The Morgan fingerprint density at radius 3 is 1.79 bits per heavy atom. The lowest BCUT2D eigenvalue weighted by molar-refractivity contribution is 0.922. The van der Waals surface area contributed by atoms with E-state index in [0.29, 0.717) is 5.84 Å². The van der Waals surface area contributed by atoms with Gasteiger partial charge < -0.3 is 4.57 Å². The number of allylic oxidation sites excluding steroid dienone is 4. The minimum atomic E-state index is 0.155. The van der Waals surface area contributed by atoms with Gasteiger partial charge in [0, 0.05) is 50.4 Å². The smallest absolute Gasteiger partial charge is 0.154 e. The Morgan fingerprint density at radius 1 is 0.507 bits per heavy atom. The monoisotopic (exact) mass is 860 g/mol. The van der Waals surface area contributed by atoms with E-state index in [-0.39, 0.29) is 5.84 Å². The summed E-state index contributed by atoms with van der Waals surface area (Å²) >= 11 is 0. The Kier molecular flexibility index (Phi) is 10.8. The van der Waals surface area contributed by atoms with E-state index in [4.69, 9.17) is 15.4 Å². The van der Waals surface area contributed by atoms with Crippen molar-refractivity contribution in [2.45, 2.75) is 0 Å². The maximum Gasteiger partial charge on any atom is 0.154 e. The third kappa shape index (κ3) is 7.94. The van der Waals surface area contributed by atoms with Crippen LogP contribution in [-0.2, 0) is 0 Å². The fourth-order valence-corrected chi connectivity index (χ4v) is 9.01. The number of fused-ring (bicyclic) bond motifs is 5. The maximum absolute atomic E-state index is 9.00. The average Bonchev–Trinajstić information content (AvgIpc) is 3.73. The van der Waals surface area contributed by atoms with Gasteiger partial charge in [-0.05, 0) is 64.7 Å². The van der Waals surface area contributed by atoms with E-state index in [1.807, 2.05) is 96.2 Å². The lowest BCUT2D eigenvalue weighted by Crippen LogP contribution is -2.40. The first-order valence-corrected chi connectivity index (χ1v) is 22.3. The summed E-state index contributed by atoms with van der Waals surface area (Å²) in [5.74, 6) is 0.693. The molecular weight excluding hydrogens is 817 g/mol. The number of rotatable bonds is 8. The number of hydrogen-bond donors (Lipinski definition) is 2. The summed E-state index contributed by atoms with van der Waals surface area (Å²) < 4.78 is 2.39. The molecule has 11 rings (SSSR count). The Hall–Kier alpha value is -9.13. The van der Waals surface area contributed by atoms with Crippen LogP contribution in [0.5, 0.6) is 0 Å². The fourth-order valence-electron chi connectivity index (χ4n) is 9.01. The van der Waals surface area contributed by atoms with Crippen LogP contribution in [0.15, 0.2) is 254 Å². The largest absolute Gasteiger partial charge is 0.309 e. The highest BCUT2D eigenvalue weighted by Crippen LogP contribution is 2.44. The number of nitrogens with zero attached hydrogens (tertiary/aromatic N) is 4. The number of para-hydroxylation sites is 2. The van der Waals surface area contributed by atoms with Gasteiger partial charge in [-0.15, -0.1) is 0 Å². The highest BCUT2D eigenvalue weighted by Gasteiger charge is 2.24. The van der Waals surface area contributed by atoms with Gasteiger partial charge in [-0.2, -0.15) is 0 Å². The van der Waals surface area contributed by atoms with Crippen molar-refractivity contribution < 1.29 is 0 Å². The normalized spacial score (nSPS) is 13.5. The van der Waals surface area contributed by atoms with E-state index in [9.17, 15) is 0 Å². The molecule has 0 amide bonds. The summed E-state index contributed by atoms with van der Waals surface area (Å²) in [6, 6.07) is 75.2. The van der Waals surface area contributed by atoms with E-state index in [2.05, 4.69) is 168 Å². The van der Waals surface area contributed by atoms with Gasteiger partial charge in [0.2, 0.25) is 0 Å². The van der Waals surface area contributed by atoms with E-state index in [1.165, 1.54) is 5.56 Å². The standard InChI is InChI=1S/C61H44N6/c1-42-20-18-19-39-66(65-61(48-27-12-5-13-28-48)64-60(62)47-25-10-4-11-26-47)56-37-38-57-59(58(42)56)51-30-15-17-32-55(51)67(57)54-31-16-14-29-50(54)49-40-52(45-23-8-3-9-24-45)63-53(41-49)46-35-33-44(34-36-46)43-21-6-2-7-22-43/h2-41H,1H2,(H2,62,64,65)/b20-18-,39-19-. The van der Waals surface area contributed by atoms with Crippen LogP contribution in [0.2, 0.25) is 0 Å². The number of amidine groups is 2. The average molecular weight is 861 g/mol. The molecule has 10 aromatic rings. The van der Waals surface area contributed by atoms with Crippen molar-refractivity contribution >= 4 is 44.7 Å². The third-order valence-electron chi connectivity index (χ3n) is 12.2. The molecule has 3 heterocycles. The second kappa shape index (κ2) is 17.8. The summed E-state index contributed by atoms with van der Waals surface area (Å²) in [6.07, 6.45) is 8.06. The van der Waals surface area contributed by atoms with Crippen molar-refractivity contribution in [1.29, 1.82) is 5.41 Å². The number of anilines is 1. The first kappa shape index (κ1) is 40.6. The molecule has 0 unspecified atom stereocenters. The van der Waals surface area contributed by atoms with Crippen molar-refractivity contribution in [1.82, 2.24) is 15.0 Å². The zero-order valence-electron chi connectivity index (χ0n) is 36.6. The maximum atomic E-state index is 9.00. The summed E-state index contributed by atoms with van der Waals surface area (Å²) in [4.78, 5) is 10.2. The molecule has 6 heteroatoms. The van der Waals surface area contributed by atoms with Crippen LogP contribution < -0.4 is 10.4 Å². The molecule has 0 bridgehead atoms. The Bertz CT molecular complexity index is 3550. The fraction of sp³-hybridized carbons (Fsp3) is 0. The molecule has 0 aliphatic carbocycles. The highest BCUT2D eigenvalue weighted by atomic mass is 15.5. The number of aliphatic imine (C=N–C) groups is 1. The van der Waals surface area contributed by atoms with Crippen molar-refractivity contribution in [2.24, 2.45) is 4.99 Å². The quantitative estimate of drug-likeness (QED) is 0.118. The number of benzene rings is 8. The van der Waals surface area contributed by atoms with Gasteiger partial charge in [0.15, 0.2) is 11.7 Å². The summed E-state index contributed by atoms with van der Waals surface area (Å²) in [5.41, 5.74) is 19.5. The minimum absolute atomic E-state index is 0.155. The number of pyridine rings is 1. The molecular formula is C61H44N6. The van der Waals surface area contributed by atoms with Gasteiger partial charge in [0.25, 0.3) is 0 Å². The van der Waals surface area contributed by atoms with Crippen LogP contribution in [0.25, 0.3) is 77.8 Å². The summed E-state index contributed by atoms with van der Waals surface area (Å²) in [5, 5.41) is 13.2. The zero-order chi connectivity index (χ0) is 45.1. The van der Waals surface area contributed by atoms with Gasteiger partial charge in [-0.3, -0.25) is 15.8 Å². The van der Waals surface area contributed by atoms with Gasteiger partial charge in [-0.1, -0.05) is 201 Å². The predicted molar refractivity (Wildman–Crippen MR) is 279 cm³/mol. The molecule has 318 valence electrons. The van der Waals surface area contributed by atoms with Crippen molar-refractivity contribution in [3.05, 3.63) is 266 Å². The van der Waals surface area contributed by atoms with E-state index < -0.39 is 0 Å². The van der Waals surface area contributed by atoms with Gasteiger partial charge in [-0.25, -0.2) is 9.98 Å². The van der Waals surface area contributed by atoms with Crippen LogP contribution >= 0.6 is 0 Å². The molecule has 1 aliphatic heterocycles. The van der Waals surface area contributed by atoms with Gasteiger partial charge >= 0.3 is 0 Å². The molecule has 0 saturated carbocycles. The molecule has 67 heavy (non-hydrogen) atoms. The molecule has 2 N–H and O–H groups in total. The summed E-state index contributed by atoms with van der Waals surface area (Å²) in [6.45, 7) is 4.66. The van der Waals surface area contributed by atoms with Crippen LogP contribution in [0.4, 0.5) is 5.69 Å². The first-order chi connectivity index (χ1) is 33.1. The SMILES string of the molecule is C=C1/C=C\C=C/N(NC(=NC(=N)c2ccccc2)c2ccccc2)c2ccc3c(c21)c1ccccc1n3-c1ccccc1-c1cc(-c2ccccc2)nc(-c2ccc(-c3ccccc3)cc2)c1. The molecule has 8 aromatic carbocycles. The molecule has 0 radical (unpaired) electrons. The molecule has 0 atom stereocenters. The number of hydrogen-bond acceptors (Lipinski definition) is 3. The first-order valence-electron chi connectivity index (χ1n) is 22.3. The Labute approximate surface area is 390 Å². The van der Waals surface area contributed by atoms with Crippen molar-refractivity contribution in [3.8, 4) is 50.5 Å². The third-order valence-corrected chi connectivity index (χ3v) is 12.2. The minimum Gasteiger partial charge on any atom is -0.309 e. The lowest BCUT2D eigenvalue weighted by atomic mass is 9.96. The second-order valence-corrected chi connectivity index (χ2v) is 16.4. The molecule has 6 nitrogen and oxygen atoms in total. The predicted octanol–water partition coefficient (Wildman–Crippen LogP) is 14.7. The number of aromatic nitrogens is 2. The number of nitrogens with one attached hydrogen (secondary N) is 2. The Morgan fingerprint density at radius 2 is 1.07 bits per heavy atom. The van der Waals surface area contributed by atoms with Gasteiger partial charge in [0.1, 0.15) is 0 Å². The molecule has 0 saturated heterocycles. The Balaban J connectivity index is 1.07. The molecule has 0 spiro atoms. The van der Waals surface area contributed by atoms with Crippen molar-refractivity contribution in [2.75, 3.05) is 5.01 Å². The van der Waals surface area contributed by atoms with Crippen LogP contribution in [0.1, 0.15) is 16.7 Å². The lowest BCUT2D eigenvalue weighted by Gasteiger charge is -2.28. The molecule has 2 aromatic heterocycles. The second-order valence-electron chi connectivity index (χ2n) is 16.4.